The Kier molecular flexibility index (Phi) is 6.66. The van der Waals surface area contributed by atoms with Crippen molar-refractivity contribution in [1.29, 1.82) is 0 Å². The van der Waals surface area contributed by atoms with Crippen LogP contribution < -0.4 is 5.32 Å². The van der Waals surface area contributed by atoms with Gasteiger partial charge in [0.25, 0.3) is 5.91 Å². The van der Waals surface area contributed by atoms with Gasteiger partial charge in [-0.1, -0.05) is 18.2 Å². The molecular formula is C21H25N3O5. The largest absolute Gasteiger partial charge is 0.450 e. The quantitative estimate of drug-likeness (QED) is 0.439. The van der Waals surface area contributed by atoms with E-state index >= 15 is 0 Å². The van der Waals surface area contributed by atoms with Crippen LogP contribution in [0.25, 0.3) is 11.0 Å². The van der Waals surface area contributed by atoms with Gasteiger partial charge < -0.3 is 19.2 Å². The highest BCUT2D eigenvalue weighted by Gasteiger charge is 2.22. The van der Waals surface area contributed by atoms with Gasteiger partial charge in [0.15, 0.2) is 6.61 Å². The molecule has 0 fully saturated rings. The molecule has 0 aliphatic carbocycles. The van der Waals surface area contributed by atoms with Crippen molar-refractivity contribution in [2.45, 2.75) is 33.4 Å². The molecule has 0 atom stereocenters. The normalized spacial score (nSPS) is 11.0. The molecule has 0 unspecified atom stereocenters. The topological polar surface area (TPSA) is 95.6 Å². The Bertz CT molecular complexity index is 1010. The summed E-state index contributed by atoms with van der Waals surface area (Å²) >= 11 is 0. The summed E-state index contributed by atoms with van der Waals surface area (Å²) in [5.74, 6) is -0.993. The van der Waals surface area contributed by atoms with E-state index in [4.69, 9.17) is 13.9 Å². The van der Waals surface area contributed by atoms with Gasteiger partial charge in [-0.15, -0.1) is 0 Å². The Hall–Kier alpha value is -3.13. The molecule has 1 amide bonds. The fourth-order valence-corrected chi connectivity index (χ4v) is 3.16. The fourth-order valence-electron chi connectivity index (χ4n) is 3.16. The molecule has 0 aliphatic heterocycles. The molecule has 0 spiro atoms. The number of methoxy groups -OCH3 is 1. The standard InChI is InChI=1S/C21H25N3O5/c1-14-11-15(2)24(23-14)10-6-9-22-19(25)13-28-21(26)20-17(12-27-3)16-7-4-5-8-18(16)29-20/h4-5,7-8,11H,6,9-10,12-13H2,1-3H3,(H,22,25). The first-order valence-corrected chi connectivity index (χ1v) is 9.44. The molecule has 2 heterocycles. The van der Waals surface area contributed by atoms with Gasteiger partial charge in [-0.2, -0.15) is 5.10 Å². The number of para-hydroxylation sites is 1. The maximum absolute atomic E-state index is 12.4. The van der Waals surface area contributed by atoms with Crippen molar-refractivity contribution >= 4 is 22.8 Å². The number of nitrogens with one attached hydrogen (secondary N) is 1. The Morgan fingerprint density at radius 1 is 1.24 bits per heavy atom. The van der Waals surface area contributed by atoms with Crippen LogP contribution in [0.3, 0.4) is 0 Å². The predicted molar refractivity (Wildman–Crippen MR) is 107 cm³/mol. The lowest BCUT2D eigenvalue weighted by Crippen LogP contribution is -2.30. The van der Waals surface area contributed by atoms with Crippen LogP contribution in [-0.4, -0.2) is 41.9 Å². The molecule has 3 rings (SSSR count). The van der Waals surface area contributed by atoms with Crippen LogP contribution >= 0.6 is 0 Å². The van der Waals surface area contributed by atoms with Gasteiger partial charge in [0.05, 0.1) is 12.3 Å². The SMILES string of the molecule is COCc1c(C(=O)OCC(=O)NCCCn2nc(C)cc2C)oc2ccccc12. The number of ether oxygens (including phenoxy) is 2. The lowest BCUT2D eigenvalue weighted by atomic mass is 10.1. The number of aryl methyl sites for hydroxylation is 3. The number of benzene rings is 1. The van der Waals surface area contributed by atoms with Crippen LogP contribution in [0.2, 0.25) is 0 Å². The summed E-state index contributed by atoms with van der Waals surface area (Å²) < 4.78 is 17.8. The van der Waals surface area contributed by atoms with Gasteiger partial charge in [-0.05, 0) is 32.4 Å². The lowest BCUT2D eigenvalue weighted by Gasteiger charge is -2.07. The highest BCUT2D eigenvalue weighted by atomic mass is 16.5. The molecule has 8 nitrogen and oxygen atoms in total. The van der Waals surface area contributed by atoms with E-state index in [9.17, 15) is 9.59 Å². The molecule has 0 saturated carbocycles. The summed E-state index contributed by atoms with van der Waals surface area (Å²) in [6.07, 6.45) is 0.725. The molecule has 0 radical (unpaired) electrons. The third-order valence-electron chi connectivity index (χ3n) is 4.48. The fraction of sp³-hybridized carbons (Fsp3) is 0.381. The average Bonchev–Trinajstić information content (AvgIpc) is 3.23. The van der Waals surface area contributed by atoms with Crippen molar-refractivity contribution in [2.24, 2.45) is 0 Å². The maximum atomic E-state index is 12.4. The lowest BCUT2D eigenvalue weighted by molar-refractivity contribution is -0.124. The van der Waals surface area contributed by atoms with E-state index < -0.39 is 5.97 Å². The Labute approximate surface area is 168 Å². The molecule has 1 N–H and O–H groups in total. The van der Waals surface area contributed by atoms with Crippen LogP contribution in [0.15, 0.2) is 34.7 Å². The summed E-state index contributed by atoms with van der Waals surface area (Å²) in [5.41, 5.74) is 3.23. The Morgan fingerprint density at radius 2 is 2.03 bits per heavy atom. The van der Waals surface area contributed by atoms with E-state index in [1.54, 1.807) is 6.07 Å². The second-order valence-corrected chi connectivity index (χ2v) is 6.77. The van der Waals surface area contributed by atoms with Crippen molar-refractivity contribution in [2.75, 3.05) is 20.3 Å². The number of nitrogens with zero attached hydrogens (tertiary/aromatic N) is 2. The predicted octanol–water partition coefficient (Wildman–Crippen LogP) is 2.76. The zero-order chi connectivity index (χ0) is 20.8. The summed E-state index contributed by atoms with van der Waals surface area (Å²) in [7, 11) is 1.54. The van der Waals surface area contributed by atoms with E-state index in [-0.39, 0.29) is 24.9 Å². The third kappa shape index (κ3) is 5.03. The minimum absolute atomic E-state index is 0.0605. The van der Waals surface area contributed by atoms with Crippen LogP contribution in [0.1, 0.15) is 33.9 Å². The molecule has 0 saturated heterocycles. The molecule has 3 aromatic rings. The highest BCUT2D eigenvalue weighted by molar-refractivity contribution is 5.96. The number of furan rings is 1. The van der Waals surface area contributed by atoms with Gasteiger partial charge in [0.1, 0.15) is 5.58 Å². The summed E-state index contributed by atoms with van der Waals surface area (Å²) in [4.78, 5) is 24.4. The maximum Gasteiger partial charge on any atom is 0.375 e. The highest BCUT2D eigenvalue weighted by Crippen LogP contribution is 2.27. The van der Waals surface area contributed by atoms with Gasteiger partial charge in [-0.25, -0.2) is 4.79 Å². The van der Waals surface area contributed by atoms with Crippen LogP contribution in [0, 0.1) is 13.8 Å². The van der Waals surface area contributed by atoms with E-state index in [2.05, 4.69) is 10.4 Å². The Morgan fingerprint density at radius 3 is 2.76 bits per heavy atom. The molecule has 0 aliphatic rings. The van der Waals surface area contributed by atoms with E-state index in [1.165, 1.54) is 7.11 Å². The monoisotopic (exact) mass is 399 g/mol. The van der Waals surface area contributed by atoms with Crippen LogP contribution in [-0.2, 0) is 27.4 Å². The summed E-state index contributed by atoms with van der Waals surface area (Å²) in [6.45, 7) is 4.95. The number of fused-ring (bicyclic) bond motifs is 1. The molecule has 8 heteroatoms. The molecular weight excluding hydrogens is 374 g/mol. The molecule has 1 aromatic carbocycles. The zero-order valence-electron chi connectivity index (χ0n) is 16.9. The number of esters is 1. The summed E-state index contributed by atoms with van der Waals surface area (Å²) in [5, 5.41) is 7.90. The zero-order valence-corrected chi connectivity index (χ0v) is 16.9. The number of carbonyl (C=O) groups excluding carboxylic acids is 2. The molecule has 29 heavy (non-hydrogen) atoms. The van der Waals surface area contributed by atoms with Crippen molar-refractivity contribution < 1.29 is 23.5 Å². The van der Waals surface area contributed by atoms with Crippen LogP contribution in [0.4, 0.5) is 0 Å². The van der Waals surface area contributed by atoms with E-state index in [1.807, 2.05) is 42.8 Å². The van der Waals surface area contributed by atoms with Crippen molar-refractivity contribution in [3.63, 3.8) is 0 Å². The minimum Gasteiger partial charge on any atom is -0.450 e. The van der Waals surface area contributed by atoms with Gasteiger partial charge in [0, 0.05) is 36.8 Å². The second kappa shape index (κ2) is 9.38. The number of aromatic nitrogens is 2. The smallest absolute Gasteiger partial charge is 0.375 e. The average molecular weight is 399 g/mol. The van der Waals surface area contributed by atoms with Gasteiger partial charge >= 0.3 is 5.97 Å². The number of amides is 1. The second-order valence-electron chi connectivity index (χ2n) is 6.77. The minimum atomic E-state index is -0.689. The van der Waals surface area contributed by atoms with Crippen molar-refractivity contribution in [3.8, 4) is 0 Å². The number of hydrogen-bond donors (Lipinski definition) is 1. The first-order chi connectivity index (χ1) is 14.0. The van der Waals surface area contributed by atoms with Crippen LogP contribution in [0.5, 0.6) is 0 Å². The number of hydrogen-bond acceptors (Lipinski definition) is 6. The summed E-state index contributed by atoms with van der Waals surface area (Å²) in [6, 6.07) is 9.29. The van der Waals surface area contributed by atoms with Gasteiger partial charge in [-0.3, -0.25) is 9.48 Å². The number of carbonyl (C=O) groups is 2. The number of rotatable bonds is 9. The third-order valence-corrected chi connectivity index (χ3v) is 4.48. The van der Waals surface area contributed by atoms with Crippen molar-refractivity contribution in [3.05, 3.63) is 53.0 Å². The van der Waals surface area contributed by atoms with Gasteiger partial charge in [0.2, 0.25) is 5.76 Å². The first-order valence-electron chi connectivity index (χ1n) is 9.44. The first kappa shape index (κ1) is 20.6. The van der Waals surface area contributed by atoms with E-state index in [0.29, 0.717) is 24.2 Å². The Balaban J connectivity index is 1.49. The molecule has 0 bridgehead atoms. The van der Waals surface area contributed by atoms with E-state index in [0.717, 1.165) is 23.2 Å². The molecule has 2 aromatic heterocycles. The van der Waals surface area contributed by atoms with Crippen molar-refractivity contribution in [1.82, 2.24) is 15.1 Å². The molecule has 154 valence electrons.